The number of thioether (sulfide) groups is 1. The number of hydrogen-bond donors (Lipinski definition) is 0. The molecule has 0 saturated carbocycles. The molecule has 0 unspecified atom stereocenters. The second-order valence-corrected chi connectivity index (χ2v) is 7.89. The van der Waals surface area contributed by atoms with Gasteiger partial charge in [-0.2, -0.15) is 0 Å². The molecule has 2 heterocycles. The van der Waals surface area contributed by atoms with Gasteiger partial charge < -0.3 is 4.74 Å². The highest BCUT2D eigenvalue weighted by molar-refractivity contribution is 7.99. The molecule has 1 aromatic carbocycles. The SMILES string of the molecule is C=CCn1c(COc2ccc(F)cc2)nnc1SCC(=O)c1ccc(C)s1. The van der Waals surface area contributed by atoms with Crippen molar-refractivity contribution < 1.29 is 13.9 Å². The van der Waals surface area contributed by atoms with Gasteiger partial charge in [0.05, 0.1) is 10.6 Å². The summed E-state index contributed by atoms with van der Waals surface area (Å²) in [6.07, 6.45) is 1.74. The molecule has 0 radical (unpaired) electrons. The van der Waals surface area contributed by atoms with Crippen LogP contribution in [0.15, 0.2) is 54.2 Å². The van der Waals surface area contributed by atoms with E-state index in [0.717, 1.165) is 9.75 Å². The second-order valence-electron chi connectivity index (χ2n) is 5.66. The molecule has 0 saturated heterocycles. The number of ketones is 1. The van der Waals surface area contributed by atoms with Crippen LogP contribution in [0.4, 0.5) is 4.39 Å². The molecule has 5 nitrogen and oxygen atoms in total. The molecule has 0 aliphatic rings. The molecule has 0 bridgehead atoms. The van der Waals surface area contributed by atoms with Gasteiger partial charge in [-0.25, -0.2) is 4.39 Å². The van der Waals surface area contributed by atoms with Crippen LogP contribution in [0.25, 0.3) is 0 Å². The van der Waals surface area contributed by atoms with E-state index in [-0.39, 0.29) is 24.0 Å². The lowest BCUT2D eigenvalue weighted by Gasteiger charge is -2.09. The summed E-state index contributed by atoms with van der Waals surface area (Å²) in [5, 5.41) is 8.96. The Morgan fingerprint density at radius 1 is 1.30 bits per heavy atom. The van der Waals surface area contributed by atoms with Crippen LogP contribution in [0.5, 0.6) is 5.75 Å². The van der Waals surface area contributed by atoms with Gasteiger partial charge in [-0.3, -0.25) is 9.36 Å². The first-order valence-electron chi connectivity index (χ1n) is 8.20. The van der Waals surface area contributed by atoms with E-state index in [1.807, 2.05) is 23.6 Å². The molecular weight excluding hydrogens is 385 g/mol. The molecule has 140 valence electrons. The number of carbonyl (C=O) groups is 1. The molecule has 0 spiro atoms. The van der Waals surface area contributed by atoms with Crippen molar-refractivity contribution in [2.75, 3.05) is 5.75 Å². The Morgan fingerprint density at radius 3 is 2.74 bits per heavy atom. The Hall–Kier alpha value is -2.45. The molecular formula is C19H18FN3O2S2. The van der Waals surface area contributed by atoms with Crippen molar-refractivity contribution in [3.05, 3.63) is 70.4 Å². The van der Waals surface area contributed by atoms with Gasteiger partial charge in [0.15, 0.2) is 16.8 Å². The van der Waals surface area contributed by atoms with Crippen LogP contribution in [-0.4, -0.2) is 26.3 Å². The number of ether oxygens (including phenoxy) is 1. The fourth-order valence-corrected chi connectivity index (χ4v) is 4.06. The van der Waals surface area contributed by atoms with Gasteiger partial charge in [0.25, 0.3) is 0 Å². The van der Waals surface area contributed by atoms with Gasteiger partial charge in [-0.05, 0) is 43.3 Å². The second kappa shape index (κ2) is 8.96. The summed E-state index contributed by atoms with van der Waals surface area (Å²) >= 11 is 2.83. The third-order valence-electron chi connectivity index (χ3n) is 3.63. The number of allylic oxidation sites excluding steroid dienone is 1. The van der Waals surface area contributed by atoms with E-state index in [2.05, 4.69) is 16.8 Å². The standard InChI is InChI=1S/C19H18FN3O2S2/c1-3-10-23-18(11-25-15-7-5-14(20)6-8-15)21-22-19(23)26-12-16(24)17-9-4-13(2)27-17/h3-9H,1,10-12H2,2H3. The van der Waals surface area contributed by atoms with E-state index >= 15 is 0 Å². The van der Waals surface area contributed by atoms with E-state index in [0.29, 0.717) is 23.3 Å². The van der Waals surface area contributed by atoms with Gasteiger partial charge in [0, 0.05) is 11.4 Å². The zero-order valence-electron chi connectivity index (χ0n) is 14.7. The van der Waals surface area contributed by atoms with Crippen LogP contribution in [0.3, 0.4) is 0 Å². The average molecular weight is 404 g/mol. The maximum Gasteiger partial charge on any atom is 0.192 e. The molecule has 0 amide bonds. The lowest BCUT2D eigenvalue weighted by atomic mass is 10.3. The van der Waals surface area contributed by atoms with Crippen molar-refractivity contribution in [2.24, 2.45) is 0 Å². The Kier molecular flexibility index (Phi) is 6.41. The molecule has 3 rings (SSSR count). The quantitative estimate of drug-likeness (QED) is 0.299. The van der Waals surface area contributed by atoms with Gasteiger partial charge in [-0.15, -0.1) is 28.1 Å². The highest BCUT2D eigenvalue weighted by Gasteiger charge is 2.15. The monoisotopic (exact) mass is 403 g/mol. The fraction of sp³-hybridized carbons (Fsp3) is 0.211. The predicted molar refractivity (Wildman–Crippen MR) is 105 cm³/mol. The molecule has 2 aromatic heterocycles. The zero-order chi connectivity index (χ0) is 19.2. The molecule has 0 aliphatic carbocycles. The van der Waals surface area contributed by atoms with Crippen molar-refractivity contribution >= 4 is 28.9 Å². The van der Waals surface area contributed by atoms with Gasteiger partial charge >= 0.3 is 0 Å². The summed E-state index contributed by atoms with van der Waals surface area (Å²) in [6.45, 7) is 6.42. The van der Waals surface area contributed by atoms with Gasteiger partial charge in [0.2, 0.25) is 0 Å². The summed E-state index contributed by atoms with van der Waals surface area (Å²) in [7, 11) is 0. The van der Waals surface area contributed by atoms with E-state index in [9.17, 15) is 9.18 Å². The summed E-state index contributed by atoms with van der Waals surface area (Å²) in [4.78, 5) is 14.2. The Morgan fingerprint density at radius 2 is 2.07 bits per heavy atom. The first-order chi connectivity index (χ1) is 13.1. The van der Waals surface area contributed by atoms with Gasteiger partial charge in [-0.1, -0.05) is 17.8 Å². The number of thiophene rings is 1. The number of benzene rings is 1. The Balaban J connectivity index is 1.66. The number of aromatic nitrogens is 3. The fourth-order valence-electron chi connectivity index (χ4n) is 2.31. The van der Waals surface area contributed by atoms with E-state index in [1.165, 1.54) is 35.2 Å². The lowest BCUT2D eigenvalue weighted by molar-refractivity contribution is 0.102. The van der Waals surface area contributed by atoms with Crippen molar-refractivity contribution in [1.29, 1.82) is 0 Å². The van der Waals surface area contributed by atoms with Gasteiger partial charge in [0.1, 0.15) is 18.2 Å². The minimum absolute atomic E-state index is 0.0652. The van der Waals surface area contributed by atoms with Crippen LogP contribution in [0.1, 0.15) is 20.4 Å². The average Bonchev–Trinajstić information content (AvgIpc) is 3.26. The number of halogens is 1. The van der Waals surface area contributed by atoms with Crippen molar-refractivity contribution in [3.63, 3.8) is 0 Å². The van der Waals surface area contributed by atoms with Crippen LogP contribution in [0, 0.1) is 12.7 Å². The Labute approximate surface area is 164 Å². The van der Waals surface area contributed by atoms with Crippen molar-refractivity contribution in [1.82, 2.24) is 14.8 Å². The van der Waals surface area contributed by atoms with Crippen LogP contribution in [-0.2, 0) is 13.2 Å². The minimum Gasteiger partial charge on any atom is -0.486 e. The number of Topliss-reactive ketones (excluding diaryl/α,β-unsaturated/α-hetero) is 1. The van der Waals surface area contributed by atoms with Crippen LogP contribution in [0.2, 0.25) is 0 Å². The van der Waals surface area contributed by atoms with E-state index in [1.54, 1.807) is 18.2 Å². The topological polar surface area (TPSA) is 57.0 Å². The smallest absolute Gasteiger partial charge is 0.192 e. The highest BCUT2D eigenvalue weighted by Crippen LogP contribution is 2.22. The maximum absolute atomic E-state index is 13.0. The minimum atomic E-state index is -0.318. The first-order valence-corrected chi connectivity index (χ1v) is 10.0. The largest absolute Gasteiger partial charge is 0.486 e. The number of hydrogen-bond acceptors (Lipinski definition) is 6. The lowest BCUT2D eigenvalue weighted by Crippen LogP contribution is -2.08. The molecule has 3 aromatic rings. The molecule has 0 N–H and O–H groups in total. The number of nitrogens with zero attached hydrogens (tertiary/aromatic N) is 3. The summed E-state index contributed by atoms with van der Waals surface area (Å²) in [5.74, 6) is 1.19. The third-order valence-corrected chi connectivity index (χ3v) is 5.64. The molecule has 8 heteroatoms. The summed E-state index contributed by atoms with van der Waals surface area (Å²) in [5.41, 5.74) is 0. The number of rotatable bonds is 9. The highest BCUT2D eigenvalue weighted by atomic mass is 32.2. The van der Waals surface area contributed by atoms with Crippen LogP contribution < -0.4 is 4.74 Å². The number of aryl methyl sites for hydroxylation is 1. The summed E-state index contributed by atoms with van der Waals surface area (Å²) in [6, 6.07) is 9.57. The number of carbonyl (C=O) groups excluding carboxylic acids is 1. The Bertz CT molecular complexity index is 935. The van der Waals surface area contributed by atoms with Crippen LogP contribution >= 0.6 is 23.1 Å². The zero-order valence-corrected chi connectivity index (χ0v) is 16.4. The normalized spacial score (nSPS) is 10.7. The van der Waals surface area contributed by atoms with Crippen molar-refractivity contribution in [2.45, 2.75) is 25.2 Å². The molecule has 0 fully saturated rings. The molecule has 0 atom stereocenters. The molecule has 0 aliphatic heterocycles. The van der Waals surface area contributed by atoms with E-state index in [4.69, 9.17) is 4.74 Å². The third kappa shape index (κ3) is 5.05. The van der Waals surface area contributed by atoms with E-state index < -0.39 is 0 Å². The summed E-state index contributed by atoms with van der Waals surface area (Å²) < 4.78 is 20.5. The molecule has 27 heavy (non-hydrogen) atoms. The van der Waals surface area contributed by atoms with Crippen molar-refractivity contribution in [3.8, 4) is 5.75 Å². The maximum atomic E-state index is 13.0. The first kappa shape index (κ1) is 19.3. The predicted octanol–water partition coefficient (Wildman–Crippen LogP) is 4.53.